The molecule has 0 aromatic heterocycles. The van der Waals surface area contributed by atoms with Gasteiger partial charge in [0.15, 0.2) is 0 Å². The van der Waals surface area contributed by atoms with Crippen LogP contribution in [-0.4, -0.2) is 18.5 Å². The maximum absolute atomic E-state index is 12.6. The van der Waals surface area contributed by atoms with Gasteiger partial charge in [0, 0.05) is 18.2 Å². The molecule has 0 spiro atoms. The number of carbonyl (C=O) groups is 1. The van der Waals surface area contributed by atoms with Crippen LogP contribution in [0.5, 0.6) is 0 Å². The average Bonchev–Trinajstić information content (AvgIpc) is 2.74. The van der Waals surface area contributed by atoms with Crippen LogP contribution in [0, 0.1) is 5.82 Å². The number of carbonyl (C=O) groups excluding carboxylic acids is 1. The van der Waals surface area contributed by atoms with Crippen LogP contribution in [-0.2, 0) is 4.79 Å². The molecule has 1 aliphatic rings. The Hall–Kier alpha value is -1.13. The molecule has 1 unspecified atom stereocenters. The highest BCUT2D eigenvalue weighted by Gasteiger charge is 2.17. The lowest BCUT2D eigenvalue weighted by Crippen LogP contribution is -2.27. The van der Waals surface area contributed by atoms with Crippen LogP contribution in [0.1, 0.15) is 19.3 Å². The molecule has 1 aromatic rings. The van der Waals surface area contributed by atoms with Gasteiger partial charge < -0.3 is 10.6 Å². The first-order chi connectivity index (χ1) is 7.74. The van der Waals surface area contributed by atoms with Gasteiger partial charge in [-0.3, -0.25) is 4.79 Å². The smallest absolute Gasteiger partial charge is 0.225 e. The van der Waals surface area contributed by atoms with E-state index in [4.69, 9.17) is 0 Å². The number of rotatable bonds is 3. The summed E-state index contributed by atoms with van der Waals surface area (Å²) in [4.78, 5) is 11.6. The molecule has 5 heteroatoms. The molecule has 0 saturated carbocycles. The van der Waals surface area contributed by atoms with E-state index in [9.17, 15) is 9.18 Å². The van der Waals surface area contributed by atoms with Crippen molar-refractivity contribution in [2.45, 2.75) is 25.3 Å². The van der Waals surface area contributed by atoms with E-state index in [0.29, 0.717) is 18.2 Å². The van der Waals surface area contributed by atoms with Crippen molar-refractivity contribution in [2.24, 2.45) is 0 Å². The molecule has 1 fully saturated rings. The van der Waals surface area contributed by atoms with Crippen molar-refractivity contribution >= 4 is 24.0 Å². The molecular weight excluding hydrogens is 243 g/mol. The molecule has 94 valence electrons. The summed E-state index contributed by atoms with van der Waals surface area (Å²) in [6.45, 7) is 0.995. The molecule has 1 saturated heterocycles. The Morgan fingerprint density at radius 3 is 2.71 bits per heavy atom. The van der Waals surface area contributed by atoms with Crippen molar-refractivity contribution in [1.29, 1.82) is 0 Å². The Bertz CT molecular complexity index is 363. The van der Waals surface area contributed by atoms with E-state index in [0.717, 1.165) is 19.4 Å². The predicted molar refractivity (Wildman–Crippen MR) is 67.9 cm³/mol. The molecular formula is C12H16ClFN2O. The molecule has 0 radical (unpaired) electrons. The lowest BCUT2D eigenvalue weighted by atomic mass is 10.1. The Labute approximate surface area is 106 Å². The van der Waals surface area contributed by atoms with Crippen LogP contribution >= 0.6 is 12.4 Å². The molecule has 2 rings (SSSR count). The third kappa shape index (κ3) is 4.32. The fourth-order valence-corrected chi connectivity index (χ4v) is 1.90. The monoisotopic (exact) mass is 258 g/mol. The normalized spacial score (nSPS) is 18.5. The number of amides is 1. The molecule has 2 N–H and O–H groups in total. The first-order valence-corrected chi connectivity index (χ1v) is 5.53. The first kappa shape index (κ1) is 13.9. The van der Waals surface area contributed by atoms with E-state index < -0.39 is 0 Å². The summed E-state index contributed by atoms with van der Waals surface area (Å²) < 4.78 is 12.6. The molecule has 0 aliphatic carbocycles. The lowest BCUT2D eigenvalue weighted by Gasteiger charge is -2.10. The van der Waals surface area contributed by atoms with E-state index in [2.05, 4.69) is 10.6 Å². The van der Waals surface area contributed by atoms with E-state index in [1.54, 1.807) is 12.1 Å². The number of benzene rings is 1. The summed E-state index contributed by atoms with van der Waals surface area (Å²) in [7, 11) is 0. The predicted octanol–water partition coefficient (Wildman–Crippen LogP) is 2.33. The number of hydrogen-bond donors (Lipinski definition) is 2. The number of halogens is 2. The maximum atomic E-state index is 12.6. The van der Waals surface area contributed by atoms with E-state index in [1.807, 2.05) is 0 Å². The van der Waals surface area contributed by atoms with Crippen molar-refractivity contribution in [3.8, 4) is 0 Å². The Balaban J connectivity index is 0.00000144. The van der Waals surface area contributed by atoms with Crippen molar-refractivity contribution in [3.05, 3.63) is 30.1 Å². The van der Waals surface area contributed by atoms with Gasteiger partial charge in [0.2, 0.25) is 5.91 Å². The van der Waals surface area contributed by atoms with Crippen LogP contribution in [0.2, 0.25) is 0 Å². The summed E-state index contributed by atoms with van der Waals surface area (Å²) in [5, 5.41) is 6.01. The molecule has 1 aromatic carbocycles. The summed E-state index contributed by atoms with van der Waals surface area (Å²) >= 11 is 0. The molecule has 1 atom stereocenters. The Kier molecular flexibility index (Phi) is 5.38. The van der Waals surface area contributed by atoms with Crippen LogP contribution in [0.4, 0.5) is 10.1 Å². The fraction of sp³-hybridized carbons (Fsp3) is 0.417. The van der Waals surface area contributed by atoms with Gasteiger partial charge in [-0.2, -0.15) is 0 Å². The second kappa shape index (κ2) is 6.57. The molecule has 1 heterocycles. The number of anilines is 1. The van der Waals surface area contributed by atoms with Gasteiger partial charge in [-0.1, -0.05) is 0 Å². The van der Waals surface area contributed by atoms with Gasteiger partial charge in [0.05, 0.1) is 0 Å². The van der Waals surface area contributed by atoms with Crippen LogP contribution < -0.4 is 10.6 Å². The molecule has 1 amide bonds. The van der Waals surface area contributed by atoms with Gasteiger partial charge >= 0.3 is 0 Å². The van der Waals surface area contributed by atoms with Crippen LogP contribution in [0.25, 0.3) is 0 Å². The highest BCUT2D eigenvalue weighted by Crippen LogP contribution is 2.12. The zero-order chi connectivity index (χ0) is 11.4. The third-order valence-electron chi connectivity index (χ3n) is 2.72. The summed E-state index contributed by atoms with van der Waals surface area (Å²) in [5.41, 5.74) is 0.643. The highest BCUT2D eigenvalue weighted by atomic mass is 35.5. The van der Waals surface area contributed by atoms with Crippen molar-refractivity contribution in [3.63, 3.8) is 0 Å². The SMILES string of the molecule is Cl.O=C(CC1CCCN1)Nc1ccc(F)cc1. The summed E-state index contributed by atoms with van der Waals surface area (Å²) in [5.74, 6) is -0.318. The van der Waals surface area contributed by atoms with Crippen molar-refractivity contribution in [1.82, 2.24) is 5.32 Å². The number of hydrogen-bond acceptors (Lipinski definition) is 2. The van der Waals surface area contributed by atoms with Crippen molar-refractivity contribution in [2.75, 3.05) is 11.9 Å². The summed E-state index contributed by atoms with van der Waals surface area (Å²) in [6, 6.07) is 6.10. The van der Waals surface area contributed by atoms with Gasteiger partial charge in [0.25, 0.3) is 0 Å². The standard InChI is InChI=1S/C12H15FN2O.ClH/c13-9-3-5-10(6-4-9)15-12(16)8-11-2-1-7-14-11;/h3-6,11,14H,1-2,7-8H2,(H,15,16);1H. The fourth-order valence-electron chi connectivity index (χ4n) is 1.90. The second-order valence-electron chi connectivity index (χ2n) is 4.05. The lowest BCUT2D eigenvalue weighted by molar-refractivity contribution is -0.116. The van der Waals surface area contributed by atoms with Crippen LogP contribution in [0.3, 0.4) is 0 Å². The summed E-state index contributed by atoms with van der Waals surface area (Å²) in [6.07, 6.45) is 2.67. The second-order valence-corrected chi connectivity index (χ2v) is 4.05. The zero-order valence-corrected chi connectivity index (χ0v) is 10.2. The average molecular weight is 259 g/mol. The third-order valence-corrected chi connectivity index (χ3v) is 2.72. The van der Waals surface area contributed by atoms with E-state index in [1.165, 1.54) is 12.1 Å². The number of nitrogens with one attached hydrogen (secondary N) is 2. The minimum atomic E-state index is -0.296. The van der Waals surface area contributed by atoms with Gasteiger partial charge in [-0.05, 0) is 43.7 Å². The quantitative estimate of drug-likeness (QED) is 0.874. The highest BCUT2D eigenvalue weighted by molar-refractivity contribution is 5.91. The molecule has 3 nitrogen and oxygen atoms in total. The molecule has 0 bridgehead atoms. The molecule has 1 aliphatic heterocycles. The van der Waals surface area contributed by atoms with E-state index in [-0.39, 0.29) is 24.1 Å². The Morgan fingerprint density at radius 2 is 2.12 bits per heavy atom. The minimum absolute atomic E-state index is 0. The topological polar surface area (TPSA) is 41.1 Å². The van der Waals surface area contributed by atoms with E-state index >= 15 is 0 Å². The Morgan fingerprint density at radius 1 is 1.41 bits per heavy atom. The molecule has 17 heavy (non-hydrogen) atoms. The van der Waals surface area contributed by atoms with Gasteiger partial charge in [-0.25, -0.2) is 4.39 Å². The van der Waals surface area contributed by atoms with Crippen LogP contribution in [0.15, 0.2) is 24.3 Å². The van der Waals surface area contributed by atoms with Gasteiger partial charge in [-0.15, -0.1) is 12.4 Å². The van der Waals surface area contributed by atoms with Crippen molar-refractivity contribution < 1.29 is 9.18 Å². The first-order valence-electron chi connectivity index (χ1n) is 5.53. The van der Waals surface area contributed by atoms with Gasteiger partial charge in [0.1, 0.15) is 5.82 Å². The minimum Gasteiger partial charge on any atom is -0.326 e. The maximum Gasteiger partial charge on any atom is 0.225 e. The largest absolute Gasteiger partial charge is 0.326 e. The zero-order valence-electron chi connectivity index (χ0n) is 9.41.